The lowest BCUT2D eigenvalue weighted by Gasteiger charge is -2.62. The van der Waals surface area contributed by atoms with Gasteiger partial charge in [0.2, 0.25) is 0 Å². The zero-order chi connectivity index (χ0) is 37.6. The van der Waals surface area contributed by atoms with Crippen LogP contribution in [0.25, 0.3) is 0 Å². The highest BCUT2D eigenvalue weighted by Crippen LogP contribution is 2.58. The molecule has 0 aromatic heterocycles. The van der Waals surface area contributed by atoms with Crippen molar-refractivity contribution in [3.63, 3.8) is 0 Å². The lowest BCUT2D eigenvalue weighted by molar-refractivity contribution is -0.703. The van der Waals surface area contributed by atoms with Crippen LogP contribution < -0.4 is 22.1 Å². The van der Waals surface area contributed by atoms with E-state index < -0.39 is 48.0 Å². The zero-order valence-corrected chi connectivity index (χ0v) is 32.3. The number of quaternary nitrogens is 1. The van der Waals surface area contributed by atoms with Crippen LogP contribution in [0.15, 0.2) is 11.6 Å². The van der Waals surface area contributed by atoms with E-state index in [1.807, 2.05) is 6.92 Å². The molecule has 5 aliphatic heterocycles. The maximum Gasteiger partial charge on any atom is 0.333 e. The molecule has 2 saturated carbocycles. The number of allylic oxidation sites excluding steroid dienone is 1. The molecule has 5 saturated heterocycles. The van der Waals surface area contributed by atoms with Crippen LogP contribution in [0.2, 0.25) is 0 Å². The van der Waals surface area contributed by atoms with E-state index in [1.54, 1.807) is 13.0 Å². The smallest absolute Gasteiger partial charge is 0.333 e. The molecule has 2 aliphatic carbocycles. The van der Waals surface area contributed by atoms with Gasteiger partial charge in [-0.1, -0.05) is 18.9 Å². The highest BCUT2D eigenvalue weighted by atomic mass is 16.6. The molecule has 0 aromatic carbocycles. The van der Waals surface area contributed by atoms with Crippen LogP contribution in [0.5, 0.6) is 0 Å². The predicted octanol–water partition coefficient (Wildman–Crippen LogP) is 1.48. The monoisotopic (exact) mass is 746 g/mol. The van der Waals surface area contributed by atoms with E-state index >= 15 is 0 Å². The van der Waals surface area contributed by atoms with Gasteiger partial charge >= 0.3 is 5.97 Å². The molecule has 300 valence electrons. The Balaban J connectivity index is 1.36. The molecule has 12 nitrogen and oxygen atoms in total. The van der Waals surface area contributed by atoms with Crippen LogP contribution >= 0.6 is 0 Å². The second-order valence-corrected chi connectivity index (χ2v) is 18.5. The van der Waals surface area contributed by atoms with Gasteiger partial charge in [-0.15, -0.1) is 0 Å². The van der Waals surface area contributed by atoms with Gasteiger partial charge in [0.05, 0.1) is 55.8 Å². The number of nitrogens with two attached hydrogens (primary N) is 3. The van der Waals surface area contributed by atoms with E-state index in [2.05, 4.69) is 17.6 Å². The molecule has 12 heteroatoms. The lowest BCUT2D eigenvalue weighted by Crippen LogP contribution is -2.95. The van der Waals surface area contributed by atoms with Gasteiger partial charge in [0.25, 0.3) is 0 Å². The molecule has 5 heterocycles. The number of carbonyl (C=O) groups excluding carboxylic acids is 2. The third-order valence-electron chi connectivity index (χ3n) is 15.4. The third-order valence-corrected chi connectivity index (χ3v) is 15.4. The van der Waals surface area contributed by atoms with Crippen LogP contribution in [-0.4, -0.2) is 101 Å². The predicted molar refractivity (Wildman–Crippen MR) is 198 cm³/mol. The molecule has 7 rings (SSSR count). The van der Waals surface area contributed by atoms with Crippen molar-refractivity contribution in [1.82, 2.24) is 5.32 Å². The minimum Gasteiger partial charge on any atom is -0.456 e. The van der Waals surface area contributed by atoms with Gasteiger partial charge in [-0.05, 0) is 115 Å². The van der Waals surface area contributed by atoms with Crippen molar-refractivity contribution < 1.29 is 44.4 Å². The Hall–Kier alpha value is -1.48. The summed E-state index contributed by atoms with van der Waals surface area (Å²) in [7, 11) is 0. The largest absolute Gasteiger partial charge is 0.456 e. The van der Waals surface area contributed by atoms with Crippen molar-refractivity contribution in [3.05, 3.63) is 11.6 Å². The van der Waals surface area contributed by atoms with Crippen molar-refractivity contribution in [3.8, 4) is 0 Å². The second kappa shape index (κ2) is 16.5. The van der Waals surface area contributed by atoms with Crippen LogP contribution in [-0.2, 0) is 23.8 Å². The summed E-state index contributed by atoms with van der Waals surface area (Å²) in [4.78, 5) is 27.7. The summed E-state index contributed by atoms with van der Waals surface area (Å²) in [5.74, 6) is -0.727. The standard InChI is InChI=1S/C41H68N4O8/c1-4-21(2)40(50)52-32-18-30-36(49)35-31(48)17-26(20-46)51-38(35)34-29(16-22-6-5-7-25(47)15-22)27-12-13-44-39(43)28(27)10-9-24(41(32,3)53-37(30)34)14-23-8-11-33(42)45-19-23/h4,22-30,32-39,44-47,49H,5-20,42-43H2,1-3H3/p+1/t22?,23?,24-,25?,26?,27?,28?,29-,30?,32-,33?,34?,35?,36?,37?,38?,39?,41-/m0/s1. The number of piperidine rings is 2. The molecule has 7 fully saturated rings. The lowest BCUT2D eigenvalue weighted by atomic mass is 9.53. The first kappa shape index (κ1) is 39.7. The number of nitrogens with one attached hydrogen (secondary N) is 1. The molecular weight excluding hydrogens is 676 g/mol. The zero-order valence-electron chi connectivity index (χ0n) is 32.3. The Labute approximate surface area is 315 Å². The fraction of sp³-hybridized carbons (Fsp3) is 0.902. The van der Waals surface area contributed by atoms with E-state index in [1.165, 1.54) is 0 Å². The van der Waals surface area contributed by atoms with Crippen LogP contribution in [0, 0.1) is 53.3 Å². The first-order valence-electron chi connectivity index (χ1n) is 21.2. The van der Waals surface area contributed by atoms with Gasteiger partial charge in [-0.2, -0.15) is 0 Å². The third kappa shape index (κ3) is 7.92. The Morgan fingerprint density at radius 3 is 2.55 bits per heavy atom. The fourth-order valence-electron chi connectivity index (χ4n) is 12.4. The quantitative estimate of drug-likeness (QED) is 0.147. The summed E-state index contributed by atoms with van der Waals surface area (Å²) in [6.45, 7) is 7.20. The van der Waals surface area contributed by atoms with Crippen molar-refractivity contribution >= 4 is 11.8 Å². The van der Waals surface area contributed by atoms with Gasteiger partial charge in [0.15, 0.2) is 0 Å². The number of hydrogen-bond donors (Lipinski definition) is 7. The molecule has 53 heavy (non-hydrogen) atoms. The minimum absolute atomic E-state index is 0.0364. The van der Waals surface area contributed by atoms with Gasteiger partial charge < -0.3 is 45.9 Å². The molecule has 0 spiro atoms. The van der Waals surface area contributed by atoms with Crippen molar-refractivity contribution in [2.45, 2.75) is 159 Å². The maximum atomic E-state index is 14.1. The Morgan fingerprint density at radius 1 is 1.02 bits per heavy atom. The van der Waals surface area contributed by atoms with Crippen LogP contribution in [0.4, 0.5) is 0 Å². The normalized spacial score (nSPS) is 49.3. The van der Waals surface area contributed by atoms with Gasteiger partial charge in [-0.3, -0.25) is 10.5 Å². The average molecular weight is 746 g/mol. The Morgan fingerprint density at radius 2 is 1.83 bits per heavy atom. The summed E-state index contributed by atoms with van der Waals surface area (Å²) < 4.78 is 20.9. The van der Waals surface area contributed by atoms with E-state index in [9.17, 15) is 24.9 Å². The average Bonchev–Trinajstić information content (AvgIpc) is 3.13. The number of aliphatic hydroxyl groups excluding tert-OH is 3. The number of carbonyl (C=O) groups is 2. The number of fused-ring (bicyclic) bond motifs is 4. The maximum absolute atomic E-state index is 14.1. The van der Waals surface area contributed by atoms with E-state index in [0.29, 0.717) is 23.8 Å². The molecule has 0 aromatic rings. The molecule has 0 amide bonds. The molecule has 0 radical (unpaired) electrons. The Bertz CT molecular complexity index is 1330. The van der Waals surface area contributed by atoms with Gasteiger partial charge in [0, 0.05) is 36.2 Å². The van der Waals surface area contributed by atoms with Crippen LogP contribution in [0.3, 0.4) is 0 Å². The van der Waals surface area contributed by atoms with E-state index in [-0.39, 0.29) is 72.8 Å². The highest BCUT2D eigenvalue weighted by molar-refractivity contribution is 5.87. The summed E-state index contributed by atoms with van der Waals surface area (Å²) in [5.41, 5.74) is 13.0. The first-order valence-corrected chi connectivity index (χ1v) is 21.2. The first-order chi connectivity index (χ1) is 25.4. The SMILES string of the molecule is CC=C(C)C(=O)O[C@H]1CC2C(O)C3C(=O)CC(CO)OC3C3C2O[C@@]1(C)[C@H](CC1CCC(N)[NH2+]C1)CCC1C(N)NCCC1[C@@H]3CC1CCCC(O)C1. The van der Waals surface area contributed by atoms with Gasteiger partial charge in [0.1, 0.15) is 23.7 Å². The summed E-state index contributed by atoms with van der Waals surface area (Å²) >= 11 is 0. The number of esters is 1. The molecule has 2 bridgehead atoms. The van der Waals surface area contributed by atoms with E-state index in [4.69, 9.17) is 25.7 Å². The number of rotatable bonds is 7. The fourth-order valence-corrected chi connectivity index (χ4v) is 12.4. The van der Waals surface area contributed by atoms with Crippen molar-refractivity contribution in [2.75, 3.05) is 19.7 Å². The van der Waals surface area contributed by atoms with Crippen molar-refractivity contribution in [1.29, 1.82) is 0 Å². The number of hydrogen-bond acceptors (Lipinski definition) is 11. The number of ether oxygens (including phenoxy) is 3. The molecule has 14 unspecified atom stereocenters. The van der Waals surface area contributed by atoms with Crippen molar-refractivity contribution in [2.24, 2.45) is 64.7 Å². The topological polar surface area (TPSA) is 203 Å². The summed E-state index contributed by atoms with van der Waals surface area (Å²) in [5, 5.41) is 39.4. The highest BCUT2D eigenvalue weighted by Gasteiger charge is 2.65. The number of ketones is 1. The van der Waals surface area contributed by atoms with Crippen LogP contribution in [0.1, 0.15) is 104 Å². The Kier molecular flexibility index (Phi) is 12.4. The number of aliphatic hydroxyl groups is 3. The summed E-state index contributed by atoms with van der Waals surface area (Å²) in [6.07, 6.45) is 8.41. The molecule has 7 aliphatic rings. The summed E-state index contributed by atoms with van der Waals surface area (Å²) in [6, 6.07) is 0. The molecular formula is C41H69N4O8+. The number of Topliss-reactive ketones (excluding diaryl/α,β-unsaturated/α-hetero) is 1. The molecule has 10 N–H and O–H groups in total. The van der Waals surface area contributed by atoms with E-state index in [0.717, 1.165) is 83.7 Å². The second-order valence-electron chi connectivity index (χ2n) is 18.5. The minimum atomic E-state index is -1.04. The van der Waals surface area contributed by atoms with Gasteiger partial charge in [-0.25, -0.2) is 4.79 Å². The molecule has 18 atom stereocenters.